The number of anilines is 1. The number of nitrogen functional groups attached to an aromatic ring is 1. The van der Waals surface area contributed by atoms with Crippen LogP contribution in [0.3, 0.4) is 0 Å². The molecule has 24 heavy (non-hydrogen) atoms. The van der Waals surface area contributed by atoms with Gasteiger partial charge in [0.1, 0.15) is 24.2 Å². The summed E-state index contributed by atoms with van der Waals surface area (Å²) >= 11 is 0. The van der Waals surface area contributed by atoms with Crippen molar-refractivity contribution in [3.8, 4) is 0 Å². The van der Waals surface area contributed by atoms with Gasteiger partial charge in [-0.1, -0.05) is 0 Å². The van der Waals surface area contributed by atoms with Crippen LogP contribution >= 0.6 is 7.60 Å². The van der Waals surface area contributed by atoms with Crippen molar-refractivity contribution in [2.24, 2.45) is 0 Å². The van der Waals surface area contributed by atoms with Crippen LogP contribution in [0.4, 0.5) is 5.82 Å². The molecule has 1 fully saturated rings. The summed E-state index contributed by atoms with van der Waals surface area (Å²) in [5, 5.41) is 9.89. The number of fused-ring (bicyclic) bond motifs is 1. The fourth-order valence-corrected chi connectivity index (χ4v) is 2.54. The summed E-state index contributed by atoms with van der Waals surface area (Å²) in [6, 6.07) is 0. The molecule has 14 heteroatoms. The van der Waals surface area contributed by atoms with Crippen LogP contribution in [0.25, 0.3) is 11.2 Å². The summed E-state index contributed by atoms with van der Waals surface area (Å²) in [5.41, 5.74) is 6.52. The van der Waals surface area contributed by atoms with Gasteiger partial charge in [-0.25, -0.2) is 15.0 Å². The molecule has 5 N–H and O–H groups in total. The second-order valence-corrected chi connectivity index (χ2v) is 6.39. The standard InChI is InChI=1S/C10H14N5O6P.2Na.2H/c11-8-7-9(13-2-12-8)15(3-14-7)6-1-5(16)10(21-6)20-4-22(17,18)19;;;;/h2-3,5-6,10,16H,1,4H2,(H2,11,12,13)(H2,17,18,19);;;;/q;2*+1;2*-1/t5-,6+,10-;;;;/m0..../s1. The van der Waals surface area contributed by atoms with Crippen LogP contribution in [0.5, 0.6) is 0 Å². The summed E-state index contributed by atoms with van der Waals surface area (Å²) in [4.78, 5) is 29.5. The SMILES string of the molecule is Nc1ncnc2c1ncn2[C@H]1C[C@H](O)[C@@H](OCP(=O)(O)O)O1.[H-].[H-].[Na+].[Na+]. The number of aromatic nitrogens is 4. The fraction of sp³-hybridized carbons (Fsp3) is 0.500. The maximum absolute atomic E-state index is 10.8. The zero-order chi connectivity index (χ0) is 15.9. The Bertz CT molecular complexity index is 752. The number of nitrogens with zero attached hydrogens (tertiary/aromatic N) is 4. The second kappa shape index (κ2) is 8.85. The van der Waals surface area contributed by atoms with Crippen molar-refractivity contribution in [3.63, 3.8) is 0 Å². The van der Waals surface area contributed by atoms with Crippen LogP contribution in [0.1, 0.15) is 15.5 Å². The Morgan fingerprint density at radius 1 is 1.42 bits per heavy atom. The zero-order valence-electron chi connectivity index (χ0n) is 15.2. The van der Waals surface area contributed by atoms with E-state index < -0.39 is 32.6 Å². The molecule has 1 aliphatic heterocycles. The smallest absolute Gasteiger partial charge is 1.00 e. The maximum Gasteiger partial charge on any atom is 1.00 e. The minimum Gasteiger partial charge on any atom is -1.00 e. The van der Waals surface area contributed by atoms with Crippen LogP contribution in [-0.4, -0.2) is 53.2 Å². The van der Waals surface area contributed by atoms with Crippen molar-refractivity contribution in [2.75, 3.05) is 12.1 Å². The number of ether oxygens (including phenoxy) is 2. The Morgan fingerprint density at radius 2 is 2.12 bits per heavy atom. The molecule has 11 nitrogen and oxygen atoms in total. The molecule has 3 rings (SSSR count). The number of nitrogens with two attached hydrogens (primary N) is 1. The quantitative estimate of drug-likeness (QED) is 0.296. The number of aliphatic hydroxyl groups is 1. The molecule has 124 valence electrons. The third-order valence-electron chi connectivity index (χ3n) is 3.15. The van der Waals surface area contributed by atoms with Crippen LogP contribution in [-0.2, 0) is 14.0 Å². The minimum absolute atomic E-state index is 0. The molecule has 0 saturated carbocycles. The van der Waals surface area contributed by atoms with E-state index in [2.05, 4.69) is 15.0 Å². The number of imidazole rings is 1. The third kappa shape index (κ3) is 4.97. The number of rotatable bonds is 4. The van der Waals surface area contributed by atoms with Crippen LogP contribution in [0, 0.1) is 0 Å². The van der Waals surface area contributed by atoms with E-state index in [1.807, 2.05) is 0 Å². The Hall–Kier alpha value is 0.380. The Morgan fingerprint density at radius 3 is 2.79 bits per heavy atom. The van der Waals surface area contributed by atoms with E-state index in [0.29, 0.717) is 11.2 Å². The molecule has 0 radical (unpaired) electrons. The van der Waals surface area contributed by atoms with E-state index in [9.17, 15) is 9.67 Å². The predicted molar refractivity (Wildman–Crippen MR) is 74.5 cm³/mol. The first-order valence-electron chi connectivity index (χ1n) is 6.28. The van der Waals surface area contributed by atoms with E-state index in [-0.39, 0.29) is 74.2 Å². The molecule has 3 atom stereocenters. The van der Waals surface area contributed by atoms with E-state index in [1.165, 1.54) is 12.7 Å². The maximum atomic E-state index is 10.8. The first kappa shape index (κ1) is 22.4. The molecule has 0 aliphatic carbocycles. The topological polar surface area (TPSA) is 166 Å². The normalized spacial score (nSPS) is 23.7. The van der Waals surface area contributed by atoms with Crippen molar-refractivity contribution in [1.29, 1.82) is 0 Å². The van der Waals surface area contributed by atoms with Gasteiger partial charge in [0.25, 0.3) is 0 Å². The van der Waals surface area contributed by atoms with Gasteiger partial charge in [-0.15, -0.1) is 0 Å². The van der Waals surface area contributed by atoms with Crippen LogP contribution in [0.15, 0.2) is 12.7 Å². The first-order chi connectivity index (χ1) is 10.3. The van der Waals surface area contributed by atoms with E-state index in [1.54, 1.807) is 4.57 Å². The molecule has 3 heterocycles. The molecular formula is C10H16N5Na2O6P. The van der Waals surface area contributed by atoms with Crippen LogP contribution in [0.2, 0.25) is 0 Å². The van der Waals surface area contributed by atoms with Crippen molar-refractivity contribution < 1.29 is 90.9 Å². The van der Waals surface area contributed by atoms with E-state index >= 15 is 0 Å². The first-order valence-corrected chi connectivity index (χ1v) is 8.07. The average Bonchev–Trinajstić information content (AvgIpc) is 3.00. The average molecular weight is 379 g/mol. The summed E-state index contributed by atoms with van der Waals surface area (Å²) in [7, 11) is -4.34. The molecule has 0 amide bonds. The van der Waals surface area contributed by atoms with Crippen LogP contribution < -0.4 is 64.8 Å². The molecule has 0 bridgehead atoms. The molecule has 2 aromatic heterocycles. The van der Waals surface area contributed by atoms with Gasteiger partial charge < -0.3 is 33.0 Å². The van der Waals surface area contributed by atoms with Gasteiger partial charge in [0, 0.05) is 6.42 Å². The molecule has 0 aromatic carbocycles. The molecule has 0 spiro atoms. The fourth-order valence-electron chi connectivity index (χ4n) is 2.20. The Labute approximate surface area is 183 Å². The van der Waals surface area contributed by atoms with Crippen molar-refractivity contribution in [3.05, 3.63) is 12.7 Å². The predicted octanol–water partition coefficient (Wildman–Crippen LogP) is -6.60. The molecule has 1 aliphatic rings. The van der Waals surface area contributed by atoms with Crippen molar-refractivity contribution in [2.45, 2.75) is 25.0 Å². The van der Waals surface area contributed by atoms with Gasteiger partial charge >= 0.3 is 66.7 Å². The number of hydrogen-bond donors (Lipinski definition) is 4. The van der Waals surface area contributed by atoms with Gasteiger partial charge in [0.05, 0.1) is 6.33 Å². The summed E-state index contributed by atoms with van der Waals surface area (Å²) < 4.78 is 22.7. The van der Waals surface area contributed by atoms with Gasteiger partial charge in [-0.2, -0.15) is 0 Å². The van der Waals surface area contributed by atoms with Gasteiger partial charge in [-0.05, 0) is 0 Å². The molecule has 1 saturated heterocycles. The Kier molecular flexibility index (Phi) is 8.27. The zero-order valence-corrected chi connectivity index (χ0v) is 18.1. The largest absolute Gasteiger partial charge is 1.00 e. The van der Waals surface area contributed by atoms with Crippen molar-refractivity contribution >= 4 is 24.6 Å². The summed E-state index contributed by atoms with van der Waals surface area (Å²) in [6.07, 6.45) is -0.775. The second-order valence-electron chi connectivity index (χ2n) is 4.81. The molecular weight excluding hydrogens is 363 g/mol. The van der Waals surface area contributed by atoms with Gasteiger partial charge in [-0.3, -0.25) is 9.13 Å². The number of aliphatic hydroxyl groups excluding tert-OH is 1. The summed E-state index contributed by atoms with van der Waals surface area (Å²) in [5.74, 6) is 0.219. The third-order valence-corrected chi connectivity index (χ3v) is 3.64. The Balaban J connectivity index is 0. The van der Waals surface area contributed by atoms with E-state index in [4.69, 9.17) is 25.0 Å². The molecule has 2 aromatic rings. The summed E-state index contributed by atoms with van der Waals surface area (Å²) in [6.45, 7) is 0. The number of hydrogen-bond acceptors (Lipinski definition) is 8. The van der Waals surface area contributed by atoms with Gasteiger partial charge in [0.2, 0.25) is 0 Å². The van der Waals surface area contributed by atoms with Crippen molar-refractivity contribution in [1.82, 2.24) is 19.5 Å². The monoisotopic (exact) mass is 379 g/mol. The van der Waals surface area contributed by atoms with E-state index in [0.717, 1.165) is 0 Å². The molecule has 0 unspecified atom stereocenters. The minimum atomic E-state index is -4.34. The van der Waals surface area contributed by atoms with Gasteiger partial charge in [0.15, 0.2) is 24.1 Å².